The molecule has 0 N–H and O–H groups in total. The van der Waals surface area contributed by atoms with Gasteiger partial charge < -0.3 is 14.4 Å². The van der Waals surface area contributed by atoms with Crippen LogP contribution < -0.4 is 4.74 Å². The predicted molar refractivity (Wildman–Crippen MR) is 148 cm³/mol. The van der Waals surface area contributed by atoms with Crippen LogP contribution in [0.1, 0.15) is 33.2 Å². The molecule has 0 aliphatic carbocycles. The molecule has 0 radical (unpaired) electrons. The molecular weight excluding hydrogens is 474 g/mol. The molecule has 1 aliphatic heterocycles. The number of hydrogen-bond donors (Lipinski definition) is 0. The van der Waals surface area contributed by atoms with Crippen molar-refractivity contribution in [1.29, 1.82) is 5.26 Å². The molecule has 1 aliphatic rings. The van der Waals surface area contributed by atoms with E-state index in [0.717, 1.165) is 46.3 Å². The van der Waals surface area contributed by atoms with E-state index in [1.54, 1.807) is 7.11 Å². The summed E-state index contributed by atoms with van der Waals surface area (Å²) in [5, 5.41) is 11.1. The Morgan fingerprint density at radius 3 is 2.42 bits per heavy atom. The molecule has 38 heavy (non-hydrogen) atoms. The number of rotatable bonds is 8. The van der Waals surface area contributed by atoms with Crippen molar-refractivity contribution in [3.05, 3.63) is 113 Å². The van der Waals surface area contributed by atoms with Gasteiger partial charge in [0.15, 0.2) is 0 Å². The first-order chi connectivity index (χ1) is 18.6. The average Bonchev–Trinajstić information content (AvgIpc) is 2.99. The molecule has 0 bridgehead atoms. The quantitative estimate of drug-likeness (QED) is 0.319. The highest BCUT2D eigenvalue weighted by molar-refractivity contribution is 6.07. The Hall–Kier alpha value is -4.18. The van der Waals surface area contributed by atoms with Crippen LogP contribution in [0.2, 0.25) is 0 Å². The van der Waals surface area contributed by atoms with E-state index in [1.807, 2.05) is 89.8 Å². The van der Waals surface area contributed by atoms with Gasteiger partial charge in [0.1, 0.15) is 5.75 Å². The van der Waals surface area contributed by atoms with Gasteiger partial charge in [-0.05, 0) is 52.2 Å². The SMILES string of the molecule is COc1cccc(C(CN2CCN(C(=O)c3cccc4ccccc34)CC2)OCc2ccc(C#N)cc2)c1. The Labute approximate surface area is 223 Å². The van der Waals surface area contributed by atoms with Crippen LogP contribution in [0.5, 0.6) is 5.75 Å². The summed E-state index contributed by atoms with van der Waals surface area (Å²) in [7, 11) is 1.66. The van der Waals surface area contributed by atoms with Crippen LogP contribution in [0.3, 0.4) is 0 Å². The molecule has 1 saturated heterocycles. The number of nitrogens with zero attached hydrogens (tertiary/aromatic N) is 3. The number of methoxy groups -OCH3 is 1. The van der Waals surface area contributed by atoms with Gasteiger partial charge in [0, 0.05) is 38.3 Å². The monoisotopic (exact) mass is 505 g/mol. The number of piperazine rings is 1. The first-order valence-corrected chi connectivity index (χ1v) is 12.9. The minimum Gasteiger partial charge on any atom is -0.497 e. The maximum absolute atomic E-state index is 13.4. The van der Waals surface area contributed by atoms with Crippen LogP contribution >= 0.6 is 0 Å². The maximum atomic E-state index is 13.4. The summed E-state index contributed by atoms with van der Waals surface area (Å²) >= 11 is 0. The topological polar surface area (TPSA) is 65.8 Å². The number of carbonyl (C=O) groups is 1. The van der Waals surface area contributed by atoms with Crippen LogP contribution in [0, 0.1) is 11.3 Å². The third-order valence-electron chi connectivity index (χ3n) is 7.10. The molecule has 1 amide bonds. The number of carbonyl (C=O) groups excluding carboxylic acids is 1. The van der Waals surface area contributed by atoms with E-state index in [0.29, 0.717) is 31.8 Å². The van der Waals surface area contributed by atoms with Crippen molar-refractivity contribution < 1.29 is 14.3 Å². The first-order valence-electron chi connectivity index (χ1n) is 12.9. The van der Waals surface area contributed by atoms with Crippen molar-refractivity contribution in [2.75, 3.05) is 39.8 Å². The Bertz CT molecular complexity index is 1430. The predicted octanol–water partition coefficient (Wildman–Crippen LogP) is 5.44. The van der Waals surface area contributed by atoms with Crippen molar-refractivity contribution in [1.82, 2.24) is 9.80 Å². The number of nitriles is 1. The largest absolute Gasteiger partial charge is 0.497 e. The van der Waals surface area contributed by atoms with Crippen molar-refractivity contribution in [2.24, 2.45) is 0 Å². The molecular formula is C32H31N3O3. The zero-order valence-electron chi connectivity index (χ0n) is 21.5. The lowest BCUT2D eigenvalue weighted by Crippen LogP contribution is -2.49. The molecule has 5 rings (SSSR count). The summed E-state index contributed by atoms with van der Waals surface area (Å²) < 4.78 is 11.9. The normalized spacial score (nSPS) is 14.7. The summed E-state index contributed by atoms with van der Waals surface area (Å²) in [6, 6.07) is 31.6. The molecule has 1 heterocycles. The lowest BCUT2D eigenvalue weighted by Gasteiger charge is -2.36. The van der Waals surface area contributed by atoms with Crippen LogP contribution in [-0.4, -0.2) is 55.5 Å². The van der Waals surface area contributed by atoms with E-state index in [2.05, 4.69) is 17.0 Å². The van der Waals surface area contributed by atoms with E-state index in [-0.39, 0.29) is 12.0 Å². The van der Waals surface area contributed by atoms with Crippen LogP contribution in [0.15, 0.2) is 91.0 Å². The van der Waals surface area contributed by atoms with E-state index in [1.165, 1.54) is 0 Å². The van der Waals surface area contributed by atoms with Gasteiger partial charge in [0.2, 0.25) is 0 Å². The molecule has 1 fully saturated rings. The van der Waals surface area contributed by atoms with Crippen LogP contribution in [0.25, 0.3) is 10.8 Å². The highest BCUT2D eigenvalue weighted by Gasteiger charge is 2.26. The van der Waals surface area contributed by atoms with E-state index in [9.17, 15) is 4.79 Å². The molecule has 6 heteroatoms. The Morgan fingerprint density at radius 1 is 0.921 bits per heavy atom. The Kier molecular flexibility index (Phi) is 7.98. The number of fused-ring (bicyclic) bond motifs is 1. The zero-order chi connectivity index (χ0) is 26.3. The average molecular weight is 506 g/mol. The lowest BCUT2D eigenvalue weighted by atomic mass is 10.0. The van der Waals surface area contributed by atoms with Gasteiger partial charge >= 0.3 is 0 Å². The summed E-state index contributed by atoms with van der Waals surface area (Å²) in [6.07, 6.45) is -0.166. The second-order valence-corrected chi connectivity index (χ2v) is 9.50. The fourth-order valence-electron chi connectivity index (χ4n) is 4.92. The van der Waals surface area contributed by atoms with Crippen molar-refractivity contribution in [3.8, 4) is 11.8 Å². The smallest absolute Gasteiger partial charge is 0.254 e. The maximum Gasteiger partial charge on any atom is 0.254 e. The van der Waals surface area contributed by atoms with Gasteiger partial charge in [-0.1, -0.05) is 60.7 Å². The molecule has 1 unspecified atom stereocenters. The van der Waals surface area contributed by atoms with Gasteiger partial charge in [-0.15, -0.1) is 0 Å². The van der Waals surface area contributed by atoms with Crippen molar-refractivity contribution in [2.45, 2.75) is 12.7 Å². The molecule has 6 nitrogen and oxygen atoms in total. The van der Waals surface area contributed by atoms with Crippen molar-refractivity contribution >= 4 is 16.7 Å². The molecule has 4 aromatic carbocycles. The molecule has 0 aromatic heterocycles. The molecule has 1 atom stereocenters. The molecule has 192 valence electrons. The number of benzene rings is 4. The van der Waals surface area contributed by atoms with Gasteiger partial charge in [-0.3, -0.25) is 9.69 Å². The second kappa shape index (κ2) is 11.9. The minimum atomic E-state index is -0.166. The highest BCUT2D eigenvalue weighted by Crippen LogP contribution is 2.26. The number of hydrogen-bond acceptors (Lipinski definition) is 5. The molecule has 4 aromatic rings. The first kappa shape index (κ1) is 25.5. The van der Waals surface area contributed by atoms with Gasteiger partial charge in [-0.25, -0.2) is 0 Å². The summed E-state index contributed by atoms with van der Waals surface area (Å²) in [4.78, 5) is 17.7. The van der Waals surface area contributed by atoms with Gasteiger partial charge in [0.25, 0.3) is 5.91 Å². The zero-order valence-corrected chi connectivity index (χ0v) is 21.5. The Balaban J connectivity index is 1.25. The Morgan fingerprint density at radius 2 is 1.66 bits per heavy atom. The fourth-order valence-corrected chi connectivity index (χ4v) is 4.92. The van der Waals surface area contributed by atoms with Crippen molar-refractivity contribution in [3.63, 3.8) is 0 Å². The summed E-state index contributed by atoms with van der Waals surface area (Å²) in [6.45, 7) is 4.03. The van der Waals surface area contributed by atoms with E-state index >= 15 is 0 Å². The number of amides is 1. The van der Waals surface area contributed by atoms with E-state index in [4.69, 9.17) is 14.7 Å². The third kappa shape index (κ3) is 5.86. The van der Waals surface area contributed by atoms with Gasteiger partial charge in [-0.2, -0.15) is 5.26 Å². The number of ether oxygens (including phenoxy) is 2. The highest BCUT2D eigenvalue weighted by atomic mass is 16.5. The molecule has 0 spiro atoms. The molecule has 0 saturated carbocycles. The summed E-state index contributed by atoms with van der Waals surface area (Å²) in [5.41, 5.74) is 3.46. The lowest BCUT2D eigenvalue weighted by molar-refractivity contribution is 0.00335. The summed E-state index contributed by atoms with van der Waals surface area (Å²) in [5.74, 6) is 0.878. The van der Waals surface area contributed by atoms with Gasteiger partial charge in [0.05, 0.1) is 31.5 Å². The van der Waals surface area contributed by atoms with E-state index < -0.39 is 0 Å². The third-order valence-corrected chi connectivity index (χ3v) is 7.10. The van der Waals surface area contributed by atoms with Crippen LogP contribution in [0.4, 0.5) is 0 Å². The minimum absolute atomic E-state index is 0.0860. The van der Waals surface area contributed by atoms with Crippen LogP contribution in [-0.2, 0) is 11.3 Å². The fraction of sp³-hybridized carbons (Fsp3) is 0.250. The second-order valence-electron chi connectivity index (χ2n) is 9.50. The standard InChI is InChI=1S/C32H31N3O3/c1-37-28-9-4-8-27(20-28)31(38-23-25-14-12-24(21-33)13-15-25)22-34-16-18-35(19-17-34)32(36)30-11-5-7-26-6-2-3-10-29(26)30/h2-15,20,31H,16-19,22-23H2,1H3.